The molecule has 0 spiro atoms. The number of nitrogens with two attached hydrogens (primary N) is 1. The number of rotatable bonds is 4. The van der Waals surface area contributed by atoms with Gasteiger partial charge in [-0.05, 0) is 18.2 Å². The molecule has 0 heterocycles. The predicted octanol–water partition coefficient (Wildman–Crippen LogP) is 1.80. The Balaban J connectivity index is 2.68. The van der Waals surface area contributed by atoms with Crippen LogP contribution in [0.5, 0.6) is 0 Å². The van der Waals surface area contributed by atoms with Gasteiger partial charge in [-0.1, -0.05) is 11.6 Å². The fourth-order valence-electron chi connectivity index (χ4n) is 1.02. The molecule has 1 aromatic carbocycles. The predicted molar refractivity (Wildman–Crippen MR) is 57.7 cm³/mol. The molecule has 1 amide bonds. The molecule has 0 aliphatic carbocycles. The van der Waals surface area contributed by atoms with Crippen LogP contribution >= 0.6 is 11.6 Å². The van der Waals surface area contributed by atoms with Gasteiger partial charge in [0.05, 0.1) is 18.1 Å². The molecule has 0 atom stereocenters. The van der Waals surface area contributed by atoms with Gasteiger partial charge >= 0.3 is 0 Å². The maximum absolute atomic E-state index is 13.0. The van der Waals surface area contributed by atoms with E-state index >= 15 is 0 Å². The number of amides is 1. The molecule has 0 aromatic heterocycles. The van der Waals surface area contributed by atoms with Crippen LogP contribution in [0.25, 0.3) is 0 Å². The van der Waals surface area contributed by atoms with Crippen molar-refractivity contribution in [1.82, 2.24) is 5.32 Å². The Bertz CT molecular complexity index is 426. The summed E-state index contributed by atoms with van der Waals surface area (Å²) in [6.45, 7) is -1.77. The second kappa shape index (κ2) is 5.37. The smallest absolute Gasteiger partial charge is 0.277 e. The van der Waals surface area contributed by atoms with E-state index < -0.39 is 30.7 Å². The lowest BCUT2D eigenvalue weighted by atomic mass is 10.2. The molecule has 0 aliphatic rings. The van der Waals surface area contributed by atoms with E-state index in [0.29, 0.717) is 0 Å². The summed E-state index contributed by atoms with van der Waals surface area (Å²) in [5.41, 5.74) is 4.71. The Labute approximate surface area is 101 Å². The SMILES string of the molecule is NCC(F)(F)CNC(=O)c1ccc(Cl)c(F)c1. The summed E-state index contributed by atoms with van der Waals surface area (Å²) >= 11 is 5.41. The summed E-state index contributed by atoms with van der Waals surface area (Å²) in [4.78, 5) is 11.4. The maximum Gasteiger partial charge on any atom is 0.277 e. The number of hydrogen-bond acceptors (Lipinski definition) is 2. The molecule has 94 valence electrons. The van der Waals surface area contributed by atoms with Crippen LogP contribution in [-0.4, -0.2) is 24.9 Å². The van der Waals surface area contributed by atoms with E-state index in [4.69, 9.17) is 17.3 Å². The van der Waals surface area contributed by atoms with E-state index in [0.717, 1.165) is 6.07 Å². The van der Waals surface area contributed by atoms with Gasteiger partial charge < -0.3 is 11.1 Å². The fraction of sp³-hybridized carbons (Fsp3) is 0.300. The van der Waals surface area contributed by atoms with Gasteiger partial charge in [-0.3, -0.25) is 4.79 Å². The zero-order valence-corrected chi connectivity index (χ0v) is 9.40. The molecule has 1 rings (SSSR count). The Morgan fingerprint density at radius 1 is 1.47 bits per heavy atom. The lowest BCUT2D eigenvalue weighted by molar-refractivity contribution is 0.0118. The van der Waals surface area contributed by atoms with Crippen LogP contribution in [0.3, 0.4) is 0 Å². The molecule has 0 saturated carbocycles. The molecular formula is C10H10ClF3N2O. The Morgan fingerprint density at radius 3 is 2.65 bits per heavy atom. The quantitative estimate of drug-likeness (QED) is 0.873. The van der Waals surface area contributed by atoms with E-state index in [1.54, 1.807) is 0 Å². The van der Waals surface area contributed by atoms with Crippen LogP contribution in [0.1, 0.15) is 10.4 Å². The summed E-state index contributed by atoms with van der Waals surface area (Å²) in [7, 11) is 0. The molecule has 3 nitrogen and oxygen atoms in total. The van der Waals surface area contributed by atoms with Crippen LogP contribution in [-0.2, 0) is 0 Å². The van der Waals surface area contributed by atoms with E-state index in [1.807, 2.05) is 5.32 Å². The highest BCUT2D eigenvalue weighted by molar-refractivity contribution is 6.30. The van der Waals surface area contributed by atoms with Crippen molar-refractivity contribution in [2.45, 2.75) is 5.92 Å². The van der Waals surface area contributed by atoms with Gasteiger partial charge in [0.1, 0.15) is 5.82 Å². The minimum absolute atomic E-state index is 0.0836. The number of hydrogen-bond donors (Lipinski definition) is 2. The Kier molecular flexibility index (Phi) is 4.36. The number of alkyl halides is 2. The summed E-state index contributed by atoms with van der Waals surface area (Å²) in [6.07, 6.45) is 0. The largest absolute Gasteiger partial charge is 0.346 e. The second-order valence-electron chi connectivity index (χ2n) is 3.37. The highest BCUT2D eigenvalue weighted by Gasteiger charge is 2.27. The molecule has 0 bridgehead atoms. The van der Waals surface area contributed by atoms with Crippen molar-refractivity contribution >= 4 is 17.5 Å². The van der Waals surface area contributed by atoms with Crippen molar-refractivity contribution in [1.29, 1.82) is 0 Å². The normalized spacial score (nSPS) is 11.4. The van der Waals surface area contributed by atoms with E-state index in [2.05, 4.69) is 0 Å². The van der Waals surface area contributed by atoms with Crippen molar-refractivity contribution in [2.24, 2.45) is 5.73 Å². The molecule has 17 heavy (non-hydrogen) atoms. The van der Waals surface area contributed by atoms with Crippen LogP contribution in [0.15, 0.2) is 18.2 Å². The number of halogens is 4. The highest BCUT2D eigenvalue weighted by Crippen LogP contribution is 2.16. The van der Waals surface area contributed by atoms with Crippen molar-refractivity contribution < 1.29 is 18.0 Å². The lowest BCUT2D eigenvalue weighted by Crippen LogP contribution is -2.41. The van der Waals surface area contributed by atoms with E-state index in [9.17, 15) is 18.0 Å². The minimum Gasteiger partial charge on any atom is -0.346 e. The monoisotopic (exact) mass is 266 g/mol. The summed E-state index contributed by atoms with van der Waals surface area (Å²) in [5.74, 6) is -4.78. The van der Waals surface area contributed by atoms with Crippen molar-refractivity contribution in [2.75, 3.05) is 13.1 Å². The first-order valence-corrected chi connectivity index (χ1v) is 5.04. The van der Waals surface area contributed by atoms with Crippen LogP contribution < -0.4 is 11.1 Å². The zero-order valence-electron chi connectivity index (χ0n) is 8.64. The Morgan fingerprint density at radius 2 is 2.12 bits per heavy atom. The van der Waals surface area contributed by atoms with Gasteiger partial charge in [-0.2, -0.15) is 0 Å². The maximum atomic E-state index is 13.0. The Hall–Kier alpha value is -1.27. The number of carbonyl (C=O) groups is 1. The molecule has 0 unspecified atom stereocenters. The molecule has 0 fully saturated rings. The second-order valence-corrected chi connectivity index (χ2v) is 3.78. The molecule has 0 aliphatic heterocycles. The zero-order chi connectivity index (χ0) is 13.1. The molecule has 0 saturated heterocycles. The number of nitrogens with one attached hydrogen (secondary N) is 1. The molecule has 0 radical (unpaired) electrons. The van der Waals surface area contributed by atoms with Crippen LogP contribution in [0.2, 0.25) is 5.02 Å². The molecule has 7 heteroatoms. The summed E-state index contributed by atoms with van der Waals surface area (Å²) < 4.78 is 38.5. The first kappa shape index (κ1) is 13.8. The van der Waals surface area contributed by atoms with Crippen LogP contribution in [0.4, 0.5) is 13.2 Å². The number of carbonyl (C=O) groups excluding carboxylic acids is 1. The molecular weight excluding hydrogens is 257 g/mol. The van der Waals surface area contributed by atoms with Crippen molar-refractivity contribution in [3.63, 3.8) is 0 Å². The fourth-order valence-corrected chi connectivity index (χ4v) is 1.14. The van der Waals surface area contributed by atoms with Gasteiger partial charge in [0.15, 0.2) is 0 Å². The summed E-state index contributed by atoms with van der Waals surface area (Å²) in [5, 5.41) is 1.81. The first-order chi connectivity index (χ1) is 7.85. The standard InChI is InChI=1S/C10H10ClF3N2O/c11-7-2-1-6(3-8(7)12)9(17)16-5-10(13,14)4-15/h1-3H,4-5,15H2,(H,16,17). The summed E-state index contributed by atoms with van der Waals surface area (Å²) in [6, 6.07) is 3.28. The minimum atomic E-state index is -3.18. The average Bonchev–Trinajstić information content (AvgIpc) is 2.30. The molecule has 3 N–H and O–H groups in total. The van der Waals surface area contributed by atoms with E-state index in [1.165, 1.54) is 12.1 Å². The third-order valence-corrected chi connectivity index (χ3v) is 2.29. The third-order valence-electron chi connectivity index (χ3n) is 1.99. The first-order valence-electron chi connectivity index (χ1n) is 4.67. The van der Waals surface area contributed by atoms with Gasteiger partial charge in [-0.15, -0.1) is 0 Å². The topological polar surface area (TPSA) is 55.1 Å². The third kappa shape index (κ3) is 3.90. The van der Waals surface area contributed by atoms with Crippen molar-refractivity contribution in [3.05, 3.63) is 34.6 Å². The average molecular weight is 267 g/mol. The van der Waals surface area contributed by atoms with E-state index in [-0.39, 0.29) is 10.6 Å². The lowest BCUT2D eigenvalue weighted by Gasteiger charge is -2.14. The van der Waals surface area contributed by atoms with Gasteiger partial charge in [-0.25, -0.2) is 13.2 Å². The molecule has 1 aromatic rings. The highest BCUT2D eigenvalue weighted by atomic mass is 35.5. The van der Waals surface area contributed by atoms with Crippen LogP contribution in [0, 0.1) is 5.82 Å². The van der Waals surface area contributed by atoms with Crippen molar-refractivity contribution in [3.8, 4) is 0 Å². The van der Waals surface area contributed by atoms with Gasteiger partial charge in [0.2, 0.25) is 0 Å². The number of benzene rings is 1. The van der Waals surface area contributed by atoms with Gasteiger partial charge in [0, 0.05) is 5.56 Å². The van der Waals surface area contributed by atoms with Gasteiger partial charge in [0.25, 0.3) is 11.8 Å².